The number of methoxy groups -OCH3 is 3. The van der Waals surface area contributed by atoms with Crippen LogP contribution in [0.5, 0.6) is 17.2 Å². The number of hydrogen-bond donors (Lipinski definition) is 1. The van der Waals surface area contributed by atoms with Gasteiger partial charge in [0.1, 0.15) is 11.4 Å². The monoisotopic (exact) mass is 469 g/mol. The van der Waals surface area contributed by atoms with Gasteiger partial charge in [-0.3, -0.25) is 9.89 Å². The van der Waals surface area contributed by atoms with E-state index < -0.39 is 0 Å². The molecule has 7 nitrogen and oxygen atoms in total. The zero-order valence-corrected chi connectivity index (χ0v) is 20.2. The predicted molar refractivity (Wildman–Crippen MR) is 133 cm³/mol. The van der Waals surface area contributed by atoms with E-state index in [-0.39, 0.29) is 11.9 Å². The van der Waals surface area contributed by atoms with Crippen LogP contribution in [0.15, 0.2) is 66.7 Å². The van der Waals surface area contributed by atoms with Crippen molar-refractivity contribution in [3.05, 3.63) is 94.7 Å². The van der Waals surface area contributed by atoms with E-state index in [9.17, 15) is 4.79 Å². The van der Waals surface area contributed by atoms with Crippen molar-refractivity contribution in [3.63, 3.8) is 0 Å². The number of rotatable bonds is 7. The van der Waals surface area contributed by atoms with E-state index in [4.69, 9.17) is 14.2 Å². The van der Waals surface area contributed by atoms with Crippen LogP contribution in [-0.4, -0.2) is 42.3 Å². The number of aromatic nitrogens is 2. The normalized spacial score (nSPS) is 14.7. The molecular formula is C28H27N3O4. The molecule has 1 N–H and O–H groups in total. The van der Waals surface area contributed by atoms with Crippen molar-refractivity contribution in [1.29, 1.82) is 0 Å². The lowest BCUT2D eigenvalue weighted by Gasteiger charge is -2.27. The van der Waals surface area contributed by atoms with E-state index in [0.717, 1.165) is 39.3 Å². The summed E-state index contributed by atoms with van der Waals surface area (Å²) in [5, 5.41) is 7.58. The Bertz CT molecular complexity index is 1360. The van der Waals surface area contributed by atoms with Gasteiger partial charge in [0.25, 0.3) is 5.91 Å². The number of nitrogens with one attached hydrogen (secondary N) is 1. The second-order valence-corrected chi connectivity index (χ2v) is 8.52. The second kappa shape index (κ2) is 9.18. The van der Waals surface area contributed by atoms with Crippen LogP contribution in [0.4, 0.5) is 0 Å². The lowest BCUT2D eigenvalue weighted by atomic mass is 9.95. The molecule has 0 bridgehead atoms. The van der Waals surface area contributed by atoms with Gasteiger partial charge in [-0.05, 0) is 42.3 Å². The van der Waals surface area contributed by atoms with E-state index in [2.05, 4.69) is 10.2 Å². The standard InChI is InChI=1S/C28H27N3O4/c1-17-5-9-19(10-6-17)25-24-26(30-29-25)28(32)31(16-18-7-12-21(33-2)13-8-18)27(24)20-11-14-22(34-3)23(15-20)35-4/h5-15,27H,16H2,1-4H3,(H,29,30). The van der Waals surface area contributed by atoms with Gasteiger partial charge in [0.2, 0.25) is 0 Å². The van der Waals surface area contributed by atoms with Crippen LogP contribution in [0.2, 0.25) is 0 Å². The SMILES string of the molecule is COc1ccc(CN2C(=O)c3[nH]nc(-c4ccc(C)cc4)c3C2c2ccc(OC)c(OC)c2)cc1. The third kappa shape index (κ3) is 3.99. The minimum absolute atomic E-state index is 0.0959. The Morgan fingerprint density at radius 1 is 0.886 bits per heavy atom. The van der Waals surface area contributed by atoms with Crippen LogP contribution in [-0.2, 0) is 6.54 Å². The number of amides is 1. The van der Waals surface area contributed by atoms with Crippen LogP contribution < -0.4 is 14.2 Å². The molecule has 1 aliphatic heterocycles. The molecular weight excluding hydrogens is 442 g/mol. The number of fused-ring (bicyclic) bond motifs is 1. The van der Waals surface area contributed by atoms with E-state index in [1.165, 1.54) is 0 Å². The Labute approximate surface area is 204 Å². The molecule has 178 valence electrons. The number of ether oxygens (including phenoxy) is 3. The number of aryl methyl sites for hydroxylation is 1. The quantitative estimate of drug-likeness (QED) is 0.405. The second-order valence-electron chi connectivity index (χ2n) is 8.52. The van der Waals surface area contributed by atoms with Crippen molar-refractivity contribution in [1.82, 2.24) is 15.1 Å². The van der Waals surface area contributed by atoms with Gasteiger partial charge in [0.05, 0.1) is 33.1 Å². The summed E-state index contributed by atoms with van der Waals surface area (Å²) in [5.74, 6) is 1.92. The predicted octanol–water partition coefficient (Wildman–Crippen LogP) is 5.16. The summed E-state index contributed by atoms with van der Waals surface area (Å²) < 4.78 is 16.3. The molecule has 1 aromatic heterocycles. The molecule has 0 spiro atoms. The summed E-state index contributed by atoms with van der Waals surface area (Å²) in [6, 6.07) is 21.3. The number of carbonyl (C=O) groups excluding carboxylic acids is 1. The number of hydrogen-bond acceptors (Lipinski definition) is 5. The van der Waals surface area contributed by atoms with Crippen molar-refractivity contribution in [2.75, 3.05) is 21.3 Å². The maximum Gasteiger partial charge on any atom is 0.273 e. The fraction of sp³-hybridized carbons (Fsp3) is 0.214. The van der Waals surface area contributed by atoms with Gasteiger partial charge in [0, 0.05) is 17.7 Å². The van der Waals surface area contributed by atoms with Crippen molar-refractivity contribution in [2.45, 2.75) is 19.5 Å². The highest BCUT2D eigenvalue weighted by atomic mass is 16.5. The van der Waals surface area contributed by atoms with Gasteiger partial charge in [-0.1, -0.05) is 48.0 Å². The minimum atomic E-state index is -0.352. The molecule has 0 saturated heterocycles. The van der Waals surface area contributed by atoms with Gasteiger partial charge in [0.15, 0.2) is 11.5 Å². The van der Waals surface area contributed by atoms with Crippen molar-refractivity contribution >= 4 is 5.91 Å². The highest BCUT2D eigenvalue weighted by molar-refractivity contribution is 6.00. The Kier molecular flexibility index (Phi) is 5.91. The Balaban J connectivity index is 1.63. The molecule has 0 fully saturated rings. The number of aromatic amines is 1. The number of nitrogens with zero attached hydrogens (tertiary/aromatic N) is 2. The molecule has 4 aromatic rings. The zero-order valence-electron chi connectivity index (χ0n) is 20.2. The highest BCUT2D eigenvalue weighted by Gasteiger charge is 2.42. The third-order valence-electron chi connectivity index (χ3n) is 6.42. The fourth-order valence-corrected chi connectivity index (χ4v) is 4.59. The lowest BCUT2D eigenvalue weighted by molar-refractivity contribution is 0.0730. The van der Waals surface area contributed by atoms with E-state index in [1.807, 2.05) is 78.6 Å². The molecule has 1 amide bonds. The first-order chi connectivity index (χ1) is 17.0. The molecule has 0 aliphatic carbocycles. The summed E-state index contributed by atoms with van der Waals surface area (Å²) >= 11 is 0. The molecule has 7 heteroatoms. The van der Waals surface area contributed by atoms with E-state index >= 15 is 0 Å². The summed E-state index contributed by atoms with van der Waals surface area (Å²) in [7, 11) is 4.85. The Hall–Kier alpha value is -4.26. The minimum Gasteiger partial charge on any atom is -0.497 e. The summed E-state index contributed by atoms with van der Waals surface area (Å²) in [5.41, 5.74) is 6.17. The third-order valence-corrected chi connectivity index (χ3v) is 6.42. The van der Waals surface area contributed by atoms with Crippen LogP contribution in [0.1, 0.15) is 38.8 Å². The molecule has 5 rings (SSSR count). The van der Waals surface area contributed by atoms with E-state index in [0.29, 0.717) is 23.7 Å². The van der Waals surface area contributed by atoms with Gasteiger partial charge in [-0.25, -0.2) is 0 Å². The number of carbonyl (C=O) groups is 1. The highest BCUT2D eigenvalue weighted by Crippen LogP contribution is 2.45. The number of H-pyrrole nitrogens is 1. The van der Waals surface area contributed by atoms with Crippen LogP contribution in [0.3, 0.4) is 0 Å². The lowest BCUT2D eigenvalue weighted by Crippen LogP contribution is -2.29. The maximum absolute atomic E-state index is 13.7. The fourth-order valence-electron chi connectivity index (χ4n) is 4.59. The van der Waals surface area contributed by atoms with Gasteiger partial charge in [-0.2, -0.15) is 5.10 Å². The summed E-state index contributed by atoms with van der Waals surface area (Å²) in [6.45, 7) is 2.48. The molecule has 1 aliphatic rings. The average Bonchev–Trinajstić information content (AvgIpc) is 3.43. The average molecular weight is 470 g/mol. The smallest absolute Gasteiger partial charge is 0.273 e. The molecule has 0 saturated carbocycles. The van der Waals surface area contributed by atoms with Crippen LogP contribution in [0.25, 0.3) is 11.3 Å². The maximum atomic E-state index is 13.7. The van der Waals surface area contributed by atoms with Crippen LogP contribution >= 0.6 is 0 Å². The first-order valence-electron chi connectivity index (χ1n) is 11.3. The largest absolute Gasteiger partial charge is 0.497 e. The summed E-state index contributed by atoms with van der Waals surface area (Å²) in [6.07, 6.45) is 0. The van der Waals surface area contributed by atoms with Crippen molar-refractivity contribution in [2.24, 2.45) is 0 Å². The zero-order chi connectivity index (χ0) is 24.5. The van der Waals surface area contributed by atoms with Crippen LogP contribution in [0, 0.1) is 6.92 Å². The molecule has 3 aromatic carbocycles. The van der Waals surface area contributed by atoms with Crippen molar-refractivity contribution < 1.29 is 19.0 Å². The Morgan fingerprint density at radius 3 is 2.26 bits per heavy atom. The first-order valence-corrected chi connectivity index (χ1v) is 11.3. The molecule has 2 heterocycles. The summed E-state index contributed by atoms with van der Waals surface area (Å²) in [4.78, 5) is 15.5. The first kappa shape index (κ1) is 22.5. The van der Waals surface area contributed by atoms with Gasteiger partial charge in [-0.15, -0.1) is 0 Å². The topological polar surface area (TPSA) is 76.7 Å². The van der Waals surface area contributed by atoms with Gasteiger partial charge >= 0.3 is 0 Å². The molecule has 1 unspecified atom stereocenters. The molecule has 35 heavy (non-hydrogen) atoms. The molecule has 1 atom stereocenters. The number of benzene rings is 3. The Morgan fingerprint density at radius 2 is 1.60 bits per heavy atom. The van der Waals surface area contributed by atoms with Crippen molar-refractivity contribution in [3.8, 4) is 28.5 Å². The molecule has 0 radical (unpaired) electrons. The van der Waals surface area contributed by atoms with Gasteiger partial charge < -0.3 is 19.1 Å². The van der Waals surface area contributed by atoms with E-state index in [1.54, 1.807) is 21.3 Å².